The Balaban J connectivity index is 1.49. The number of ether oxygens (including phenoxy) is 1. The van der Waals surface area contributed by atoms with Crippen LogP contribution >= 0.6 is 0 Å². The summed E-state index contributed by atoms with van der Waals surface area (Å²) < 4.78 is 18.9. The van der Waals surface area contributed by atoms with Gasteiger partial charge in [-0.15, -0.1) is 0 Å². The molecule has 0 saturated carbocycles. The Bertz CT molecular complexity index is 935. The molecule has 7 heteroatoms. The summed E-state index contributed by atoms with van der Waals surface area (Å²) in [7, 11) is 0. The molecule has 3 amide bonds. The fourth-order valence-electron chi connectivity index (χ4n) is 4.15. The van der Waals surface area contributed by atoms with E-state index >= 15 is 0 Å². The molecule has 2 aromatic carbocycles. The van der Waals surface area contributed by atoms with Crippen LogP contribution in [0.25, 0.3) is 0 Å². The second kappa shape index (κ2) is 7.83. The van der Waals surface area contributed by atoms with Gasteiger partial charge in [-0.25, -0.2) is 9.18 Å². The zero-order valence-corrected chi connectivity index (χ0v) is 15.9. The molecule has 2 aromatic rings. The van der Waals surface area contributed by atoms with E-state index < -0.39 is 23.5 Å². The first-order valence-corrected chi connectivity index (χ1v) is 9.79. The van der Waals surface area contributed by atoms with E-state index in [1.54, 1.807) is 6.07 Å². The first kappa shape index (κ1) is 19.4. The van der Waals surface area contributed by atoms with Crippen molar-refractivity contribution in [2.45, 2.75) is 37.3 Å². The average molecular weight is 398 g/mol. The molecule has 0 bridgehead atoms. The van der Waals surface area contributed by atoms with E-state index in [1.807, 2.05) is 24.3 Å². The Hall–Kier alpha value is -2.93. The Morgan fingerprint density at radius 2 is 1.90 bits per heavy atom. The zero-order chi connectivity index (χ0) is 20.4. The predicted molar refractivity (Wildman–Crippen MR) is 104 cm³/mol. The van der Waals surface area contributed by atoms with Gasteiger partial charge in [-0.2, -0.15) is 0 Å². The van der Waals surface area contributed by atoms with Crippen LogP contribution in [-0.4, -0.2) is 41.2 Å². The molecule has 2 aliphatic rings. The molecule has 1 aliphatic heterocycles. The standard InChI is InChI=1S/C22H23FN2O4/c23-18-10-3-4-11-19(18)29-14-16(26)13-25-20(27)22(24-21(25)28)12-6-5-8-15-7-1-2-9-17(15)22/h1-4,7,9-11,16,26H,5-6,8,12-14H2,(H,24,28)/t16-,22-/m1/s1. The number of halogens is 1. The Morgan fingerprint density at radius 3 is 2.72 bits per heavy atom. The number of imide groups is 1. The van der Waals surface area contributed by atoms with Gasteiger partial charge in [0.05, 0.1) is 6.54 Å². The highest BCUT2D eigenvalue weighted by Crippen LogP contribution is 2.39. The van der Waals surface area contributed by atoms with Crippen molar-refractivity contribution in [2.75, 3.05) is 13.2 Å². The van der Waals surface area contributed by atoms with Gasteiger partial charge in [-0.3, -0.25) is 9.69 Å². The van der Waals surface area contributed by atoms with Crippen molar-refractivity contribution >= 4 is 11.9 Å². The number of aryl methyl sites for hydroxylation is 1. The SMILES string of the molecule is O=C1N[C@@]2(CCCCc3ccccc32)C(=O)N1C[C@@H](O)COc1ccccc1F. The number of carbonyl (C=O) groups is 2. The summed E-state index contributed by atoms with van der Waals surface area (Å²) in [5.74, 6) is -0.886. The first-order valence-electron chi connectivity index (χ1n) is 9.79. The summed E-state index contributed by atoms with van der Waals surface area (Å²) in [6.07, 6.45) is 2.00. The van der Waals surface area contributed by atoms with Crippen molar-refractivity contribution < 1.29 is 23.8 Å². The Labute approximate surface area is 168 Å². The number of para-hydroxylation sites is 1. The number of aliphatic hydroxyl groups excluding tert-OH is 1. The number of fused-ring (bicyclic) bond motifs is 2. The molecule has 1 fully saturated rings. The lowest BCUT2D eigenvalue weighted by Gasteiger charge is -2.27. The number of nitrogens with one attached hydrogen (secondary N) is 1. The molecular weight excluding hydrogens is 375 g/mol. The summed E-state index contributed by atoms with van der Waals surface area (Å²) >= 11 is 0. The number of β-amino-alcohol motifs (C(OH)–C–C–N with tert-alkyl or cyclic N) is 1. The lowest BCUT2D eigenvalue weighted by Crippen LogP contribution is -2.45. The zero-order valence-electron chi connectivity index (χ0n) is 15.9. The van der Waals surface area contributed by atoms with Gasteiger partial charge in [0.2, 0.25) is 0 Å². The van der Waals surface area contributed by atoms with E-state index in [-0.39, 0.29) is 24.8 Å². The van der Waals surface area contributed by atoms with E-state index in [9.17, 15) is 19.1 Å². The Kier molecular flexibility index (Phi) is 5.24. The summed E-state index contributed by atoms with van der Waals surface area (Å²) in [6.45, 7) is -0.454. The molecule has 1 saturated heterocycles. The number of carbonyl (C=O) groups excluding carboxylic acids is 2. The summed E-state index contributed by atoms with van der Waals surface area (Å²) in [4.78, 5) is 27.0. The van der Waals surface area contributed by atoms with Crippen LogP contribution in [0.5, 0.6) is 5.75 Å². The number of rotatable bonds is 5. The fraction of sp³-hybridized carbons (Fsp3) is 0.364. The predicted octanol–water partition coefficient (Wildman–Crippen LogP) is 2.74. The minimum atomic E-state index is -1.14. The maximum atomic E-state index is 13.7. The van der Waals surface area contributed by atoms with Crippen molar-refractivity contribution in [3.63, 3.8) is 0 Å². The molecule has 29 heavy (non-hydrogen) atoms. The number of benzene rings is 2. The molecule has 6 nitrogen and oxygen atoms in total. The fourth-order valence-corrected chi connectivity index (χ4v) is 4.15. The van der Waals surface area contributed by atoms with Crippen LogP contribution in [0.1, 0.15) is 30.4 Å². The number of nitrogens with zero attached hydrogens (tertiary/aromatic N) is 1. The molecule has 0 aromatic heterocycles. The van der Waals surface area contributed by atoms with Gasteiger partial charge in [0, 0.05) is 0 Å². The molecule has 4 rings (SSSR count). The van der Waals surface area contributed by atoms with Crippen molar-refractivity contribution in [1.82, 2.24) is 10.2 Å². The molecule has 2 atom stereocenters. The first-order chi connectivity index (χ1) is 14.0. The topological polar surface area (TPSA) is 78.9 Å². The quantitative estimate of drug-likeness (QED) is 0.759. The minimum Gasteiger partial charge on any atom is -0.488 e. The van der Waals surface area contributed by atoms with Gasteiger partial charge in [-0.05, 0) is 48.9 Å². The average Bonchev–Trinajstić information content (AvgIpc) is 2.86. The van der Waals surface area contributed by atoms with Crippen LogP contribution in [0.3, 0.4) is 0 Å². The van der Waals surface area contributed by atoms with Crippen molar-refractivity contribution in [3.05, 3.63) is 65.5 Å². The maximum Gasteiger partial charge on any atom is 0.325 e. The molecule has 0 unspecified atom stereocenters. The number of hydrogen-bond donors (Lipinski definition) is 2. The van der Waals surface area contributed by atoms with E-state index in [0.29, 0.717) is 6.42 Å². The van der Waals surface area contributed by atoms with Crippen LogP contribution < -0.4 is 10.1 Å². The van der Waals surface area contributed by atoms with Gasteiger partial charge >= 0.3 is 6.03 Å². The lowest BCUT2D eigenvalue weighted by atomic mass is 9.84. The van der Waals surface area contributed by atoms with Gasteiger partial charge in [-0.1, -0.05) is 36.4 Å². The van der Waals surface area contributed by atoms with Gasteiger partial charge in [0.1, 0.15) is 18.2 Å². The summed E-state index contributed by atoms with van der Waals surface area (Å²) in [5, 5.41) is 13.2. The number of hydrogen-bond acceptors (Lipinski definition) is 4. The second-order valence-corrected chi connectivity index (χ2v) is 7.51. The van der Waals surface area contributed by atoms with Crippen molar-refractivity contribution in [3.8, 4) is 5.75 Å². The minimum absolute atomic E-state index is 0.0120. The molecule has 1 spiro atoms. The van der Waals surface area contributed by atoms with Gasteiger partial charge in [0.15, 0.2) is 11.6 Å². The monoisotopic (exact) mass is 398 g/mol. The van der Waals surface area contributed by atoms with Crippen molar-refractivity contribution in [1.29, 1.82) is 0 Å². The molecule has 2 N–H and O–H groups in total. The van der Waals surface area contributed by atoms with E-state index in [2.05, 4.69) is 5.32 Å². The van der Waals surface area contributed by atoms with E-state index in [4.69, 9.17) is 4.74 Å². The second-order valence-electron chi connectivity index (χ2n) is 7.51. The smallest absolute Gasteiger partial charge is 0.325 e. The van der Waals surface area contributed by atoms with Crippen LogP contribution in [0.2, 0.25) is 0 Å². The number of urea groups is 1. The molecule has 152 valence electrons. The van der Waals surface area contributed by atoms with Gasteiger partial charge < -0.3 is 15.2 Å². The third kappa shape index (κ3) is 3.58. The van der Waals surface area contributed by atoms with Crippen LogP contribution in [0.15, 0.2) is 48.5 Å². The summed E-state index contributed by atoms with van der Waals surface area (Å²) in [5.41, 5.74) is 0.801. The third-order valence-corrected chi connectivity index (χ3v) is 5.56. The number of aliphatic hydroxyl groups is 1. The molecule has 1 aliphatic carbocycles. The van der Waals surface area contributed by atoms with Crippen LogP contribution in [0, 0.1) is 5.82 Å². The van der Waals surface area contributed by atoms with E-state index in [1.165, 1.54) is 18.2 Å². The molecule has 1 heterocycles. The summed E-state index contributed by atoms with van der Waals surface area (Å²) in [6, 6.07) is 13.0. The highest BCUT2D eigenvalue weighted by atomic mass is 19.1. The molecule has 0 radical (unpaired) electrons. The van der Waals surface area contributed by atoms with Crippen LogP contribution in [0.4, 0.5) is 9.18 Å². The highest BCUT2D eigenvalue weighted by Gasteiger charge is 2.53. The van der Waals surface area contributed by atoms with Gasteiger partial charge in [0.25, 0.3) is 5.91 Å². The number of amides is 3. The highest BCUT2D eigenvalue weighted by molar-refractivity contribution is 6.07. The van der Waals surface area contributed by atoms with E-state index in [0.717, 1.165) is 35.3 Å². The van der Waals surface area contributed by atoms with Crippen LogP contribution in [-0.2, 0) is 16.8 Å². The third-order valence-electron chi connectivity index (χ3n) is 5.56. The normalized spacial score (nSPS) is 22.2. The largest absolute Gasteiger partial charge is 0.488 e. The Morgan fingerprint density at radius 1 is 1.14 bits per heavy atom. The maximum absolute atomic E-state index is 13.7. The van der Waals surface area contributed by atoms with Crippen molar-refractivity contribution in [2.24, 2.45) is 0 Å². The lowest BCUT2D eigenvalue weighted by molar-refractivity contribution is -0.133. The molecular formula is C22H23FN2O4.